The lowest BCUT2D eigenvalue weighted by atomic mass is 10.2. The van der Waals surface area contributed by atoms with Crippen LogP contribution >= 0.6 is 0 Å². The van der Waals surface area contributed by atoms with Crippen LogP contribution in [0.2, 0.25) is 0 Å². The van der Waals surface area contributed by atoms with E-state index in [-0.39, 0.29) is 6.10 Å². The molecule has 0 spiro atoms. The molecule has 1 aromatic carbocycles. The van der Waals surface area contributed by atoms with Crippen molar-refractivity contribution in [3.8, 4) is 0 Å². The van der Waals surface area contributed by atoms with E-state index in [1.54, 1.807) is 14.2 Å². The van der Waals surface area contributed by atoms with Crippen molar-refractivity contribution in [3.63, 3.8) is 0 Å². The van der Waals surface area contributed by atoms with Crippen LogP contribution in [0.4, 0.5) is 11.4 Å². The van der Waals surface area contributed by atoms with Crippen molar-refractivity contribution >= 4 is 11.4 Å². The summed E-state index contributed by atoms with van der Waals surface area (Å²) in [7, 11) is 3.33. The van der Waals surface area contributed by atoms with Gasteiger partial charge < -0.3 is 20.5 Å². The van der Waals surface area contributed by atoms with Crippen molar-refractivity contribution in [2.45, 2.75) is 6.10 Å². The number of benzene rings is 1. The molecule has 1 aromatic rings. The Kier molecular flexibility index (Phi) is 4.93. The van der Waals surface area contributed by atoms with Crippen LogP contribution in [0.25, 0.3) is 0 Å². The van der Waals surface area contributed by atoms with Gasteiger partial charge in [-0.2, -0.15) is 0 Å². The molecule has 0 aliphatic heterocycles. The minimum Gasteiger partial charge on any atom is -0.399 e. The molecule has 0 aliphatic carbocycles. The summed E-state index contributed by atoms with van der Waals surface area (Å²) in [6, 6.07) is 7.62. The number of nitrogen functional groups attached to an aromatic ring is 1. The van der Waals surface area contributed by atoms with Crippen LogP contribution in [0.15, 0.2) is 24.3 Å². The largest absolute Gasteiger partial charge is 0.399 e. The summed E-state index contributed by atoms with van der Waals surface area (Å²) in [5, 5.41) is 3.24. The molecule has 0 amide bonds. The second-order valence-electron chi connectivity index (χ2n) is 3.32. The summed E-state index contributed by atoms with van der Waals surface area (Å²) in [6.45, 7) is 1.28. The summed E-state index contributed by atoms with van der Waals surface area (Å²) in [5.74, 6) is 0. The lowest BCUT2D eigenvalue weighted by Crippen LogP contribution is -2.26. The van der Waals surface area contributed by atoms with E-state index in [0.29, 0.717) is 13.2 Å². The maximum atomic E-state index is 5.66. The topological polar surface area (TPSA) is 56.5 Å². The fraction of sp³-hybridized carbons (Fsp3) is 0.455. The molecule has 0 fully saturated rings. The Morgan fingerprint density at radius 2 is 2.20 bits per heavy atom. The highest BCUT2D eigenvalue weighted by atomic mass is 16.5. The Labute approximate surface area is 90.4 Å². The van der Waals surface area contributed by atoms with Crippen LogP contribution in [0.5, 0.6) is 0 Å². The number of hydrogen-bond donors (Lipinski definition) is 2. The average Bonchev–Trinajstić information content (AvgIpc) is 2.24. The summed E-state index contributed by atoms with van der Waals surface area (Å²) in [5.41, 5.74) is 7.40. The molecule has 0 saturated heterocycles. The van der Waals surface area contributed by atoms with Crippen molar-refractivity contribution in [2.75, 3.05) is 38.4 Å². The molecular weight excluding hydrogens is 192 g/mol. The molecule has 0 bridgehead atoms. The minimum absolute atomic E-state index is 0.0523. The number of ether oxygens (including phenoxy) is 2. The van der Waals surface area contributed by atoms with Gasteiger partial charge in [-0.05, 0) is 18.2 Å². The molecular formula is C11H18N2O2. The summed E-state index contributed by atoms with van der Waals surface area (Å²) < 4.78 is 10.2. The fourth-order valence-electron chi connectivity index (χ4n) is 1.28. The molecule has 15 heavy (non-hydrogen) atoms. The van der Waals surface area contributed by atoms with Gasteiger partial charge in [0, 0.05) is 32.1 Å². The smallest absolute Gasteiger partial charge is 0.0976 e. The van der Waals surface area contributed by atoms with E-state index < -0.39 is 0 Å². The molecule has 0 radical (unpaired) electrons. The van der Waals surface area contributed by atoms with Crippen molar-refractivity contribution in [1.29, 1.82) is 0 Å². The monoisotopic (exact) mass is 210 g/mol. The van der Waals surface area contributed by atoms with Gasteiger partial charge in [0.2, 0.25) is 0 Å². The summed E-state index contributed by atoms with van der Waals surface area (Å²) in [6.07, 6.45) is 0.0523. The fourth-order valence-corrected chi connectivity index (χ4v) is 1.28. The van der Waals surface area contributed by atoms with Gasteiger partial charge in [-0.1, -0.05) is 6.07 Å². The zero-order valence-electron chi connectivity index (χ0n) is 9.19. The number of rotatable bonds is 6. The maximum absolute atomic E-state index is 5.66. The third-order valence-electron chi connectivity index (χ3n) is 2.11. The molecule has 4 nitrogen and oxygen atoms in total. The highest BCUT2D eigenvalue weighted by Crippen LogP contribution is 2.11. The van der Waals surface area contributed by atoms with Gasteiger partial charge >= 0.3 is 0 Å². The molecule has 84 valence electrons. The van der Waals surface area contributed by atoms with E-state index in [9.17, 15) is 0 Å². The van der Waals surface area contributed by atoms with Gasteiger partial charge in [0.25, 0.3) is 0 Å². The zero-order valence-corrected chi connectivity index (χ0v) is 9.19. The van der Waals surface area contributed by atoms with E-state index in [1.165, 1.54) is 0 Å². The van der Waals surface area contributed by atoms with Gasteiger partial charge in [0.15, 0.2) is 0 Å². The lowest BCUT2D eigenvalue weighted by molar-refractivity contribution is 0.0365. The van der Waals surface area contributed by atoms with Crippen molar-refractivity contribution in [2.24, 2.45) is 0 Å². The SMILES string of the molecule is COCC(CNc1cccc(N)c1)OC. The molecule has 1 rings (SSSR count). The number of nitrogens with two attached hydrogens (primary N) is 1. The molecule has 4 heteroatoms. The highest BCUT2D eigenvalue weighted by Gasteiger charge is 2.05. The van der Waals surface area contributed by atoms with Crippen LogP contribution in [-0.4, -0.2) is 33.5 Å². The number of methoxy groups -OCH3 is 2. The van der Waals surface area contributed by atoms with Crippen LogP contribution in [0, 0.1) is 0 Å². The Morgan fingerprint density at radius 3 is 2.80 bits per heavy atom. The predicted molar refractivity (Wildman–Crippen MR) is 62.0 cm³/mol. The van der Waals surface area contributed by atoms with Gasteiger partial charge in [-0.15, -0.1) is 0 Å². The molecule has 0 aliphatic rings. The van der Waals surface area contributed by atoms with E-state index >= 15 is 0 Å². The Hall–Kier alpha value is -1.26. The Bertz CT molecular complexity index is 292. The normalized spacial score (nSPS) is 12.4. The van der Waals surface area contributed by atoms with Gasteiger partial charge in [-0.3, -0.25) is 0 Å². The van der Waals surface area contributed by atoms with Gasteiger partial charge in [-0.25, -0.2) is 0 Å². The standard InChI is InChI=1S/C11H18N2O2/c1-14-8-11(15-2)7-13-10-5-3-4-9(12)6-10/h3-6,11,13H,7-8,12H2,1-2H3. The molecule has 0 aromatic heterocycles. The second kappa shape index (κ2) is 6.27. The first-order chi connectivity index (χ1) is 7.26. The maximum Gasteiger partial charge on any atom is 0.0976 e. The van der Waals surface area contributed by atoms with Crippen LogP contribution < -0.4 is 11.1 Å². The van der Waals surface area contributed by atoms with Crippen molar-refractivity contribution < 1.29 is 9.47 Å². The number of nitrogens with one attached hydrogen (secondary N) is 1. The third-order valence-corrected chi connectivity index (χ3v) is 2.11. The molecule has 1 atom stereocenters. The Balaban J connectivity index is 2.41. The van der Waals surface area contributed by atoms with Crippen LogP contribution in [0.3, 0.4) is 0 Å². The predicted octanol–water partition coefficient (Wildman–Crippen LogP) is 1.34. The quantitative estimate of drug-likeness (QED) is 0.696. The summed E-state index contributed by atoms with van der Waals surface area (Å²) >= 11 is 0. The Morgan fingerprint density at radius 1 is 1.40 bits per heavy atom. The average molecular weight is 210 g/mol. The van der Waals surface area contributed by atoms with E-state index in [0.717, 1.165) is 11.4 Å². The second-order valence-corrected chi connectivity index (χ2v) is 3.32. The first-order valence-electron chi connectivity index (χ1n) is 4.87. The first-order valence-corrected chi connectivity index (χ1v) is 4.87. The van der Waals surface area contributed by atoms with E-state index in [4.69, 9.17) is 15.2 Å². The number of hydrogen-bond acceptors (Lipinski definition) is 4. The molecule has 3 N–H and O–H groups in total. The molecule has 0 saturated carbocycles. The molecule has 1 unspecified atom stereocenters. The van der Waals surface area contributed by atoms with E-state index in [1.807, 2.05) is 24.3 Å². The molecule has 0 heterocycles. The van der Waals surface area contributed by atoms with Crippen molar-refractivity contribution in [3.05, 3.63) is 24.3 Å². The van der Waals surface area contributed by atoms with Gasteiger partial charge in [0.05, 0.1) is 12.7 Å². The zero-order chi connectivity index (χ0) is 11.1. The van der Waals surface area contributed by atoms with Crippen LogP contribution in [0.1, 0.15) is 0 Å². The third kappa shape index (κ3) is 4.18. The van der Waals surface area contributed by atoms with Crippen LogP contribution in [-0.2, 0) is 9.47 Å². The van der Waals surface area contributed by atoms with Crippen molar-refractivity contribution in [1.82, 2.24) is 0 Å². The van der Waals surface area contributed by atoms with Gasteiger partial charge in [0.1, 0.15) is 0 Å². The first kappa shape index (κ1) is 11.8. The highest BCUT2D eigenvalue weighted by molar-refractivity contribution is 5.54. The minimum atomic E-state index is 0.0523. The summed E-state index contributed by atoms with van der Waals surface area (Å²) in [4.78, 5) is 0. The number of anilines is 2. The lowest BCUT2D eigenvalue weighted by Gasteiger charge is -2.15. The van der Waals surface area contributed by atoms with E-state index in [2.05, 4.69) is 5.32 Å².